The predicted molar refractivity (Wildman–Crippen MR) is 64.9 cm³/mol. The summed E-state index contributed by atoms with van der Waals surface area (Å²) in [6, 6.07) is 3.84. The second-order valence-electron chi connectivity index (χ2n) is 4.05. The van der Waals surface area contributed by atoms with Crippen LogP contribution in [0.15, 0.2) is 12.1 Å². The second-order valence-corrected chi connectivity index (χ2v) is 4.05. The monoisotopic (exact) mass is 218 g/mol. The molecule has 0 aliphatic carbocycles. The number of Topliss-reactive ketones (excluding diaryl/α,β-unsaturated/α-hetero) is 2. The molecule has 0 N–H and O–H groups in total. The van der Waals surface area contributed by atoms with Crippen molar-refractivity contribution in [2.45, 2.75) is 40.5 Å². The van der Waals surface area contributed by atoms with Crippen molar-refractivity contribution in [3.8, 4) is 0 Å². The largest absolute Gasteiger partial charge is 0.290 e. The van der Waals surface area contributed by atoms with Crippen molar-refractivity contribution in [2.75, 3.05) is 0 Å². The molecule has 2 heteroatoms. The summed E-state index contributed by atoms with van der Waals surface area (Å²) in [5.74, 6) is -0.663. The van der Waals surface area contributed by atoms with Crippen LogP contribution in [0.4, 0.5) is 0 Å². The maximum atomic E-state index is 11.8. The average Bonchev–Trinajstić information content (AvgIpc) is 2.27. The van der Waals surface area contributed by atoms with Crippen molar-refractivity contribution in [1.29, 1.82) is 0 Å². The van der Waals surface area contributed by atoms with Gasteiger partial charge < -0.3 is 0 Å². The molecule has 1 aromatic carbocycles. The number of hydrogen-bond acceptors (Lipinski definition) is 2. The van der Waals surface area contributed by atoms with Gasteiger partial charge in [-0.25, -0.2) is 0 Å². The van der Waals surface area contributed by atoms with Gasteiger partial charge in [0.2, 0.25) is 11.6 Å². The van der Waals surface area contributed by atoms with E-state index in [9.17, 15) is 9.59 Å². The molecule has 0 unspecified atom stereocenters. The SMILES string of the molecule is CCC(=O)C(=O)c1cc(CC)c(C)cc1C. The summed E-state index contributed by atoms with van der Waals surface area (Å²) in [5.41, 5.74) is 3.77. The van der Waals surface area contributed by atoms with Crippen LogP contribution in [-0.4, -0.2) is 11.6 Å². The zero-order valence-corrected chi connectivity index (χ0v) is 10.4. The highest BCUT2D eigenvalue weighted by Gasteiger charge is 2.17. The van der Waals surface area contributed by atoms with Gasteiger partial charge in [0.15, 0.2) is 0 Å². The summed E-state index contributed by atoms with van der Waals surface area (Å²) in [5, 5.41) is 0. The van der Waals surface area contributed by atoms with E-state index >= 15 is 0 Å². The zero-order valence-electron chi connectivity index (χ0n) is 10.4. The topological polar surface area (TPSA) is 34.1 Å². The first kappa shape index (κ1) is 12.6. The molecule has 0 amide bonds. The molecule has 0 aliphatic rings. The lowest BCUT2D eigenvalue weighted by molar-refractivity contribution is -0.114. The highest BCUT2D eigenvalue weighted by Crippen LogP contribution is 2.17. The summed E-state index contributed by atoms with van der Waals surface area (Å²) in [7, 11) is 0. The molecule has 0 aromatic heterocycles. The summed E-state index contributed by atoms with van der Waals surface area (Å²) in [6.45, 7) is 7.67. The minimum Gasteiger partial charge on any atom is -0.290 e. The summed E-state index contributed by atoms with van der Waals surface area (Å²) in [4.78, 5) is 23.2. The first-order valence-electron chi connectivity index (χ1n) is 5.68. The minimum absolute atomic E-state index is 0.271. The van der Waals surface area contributed by atoms with E-state index in [4.69, 9.17) is 0 Å². The molecule has 0 heterocycles. The van der Waals surface area contributed by atoms with Crippen LogP contribution in [0.3, 0.4) is 0 Å². The smallest absolute Gasteiger partial charge is 0.228 e. The molecule has 0 fully saturated rings. The van der Waals surface area contributed by atoms with Crippen LogP contribution < -0.4 is 0 Å². The standard InChI is InChI=1S/C14H18O2/c1-5-11-8-12(10(4)7-9(11)3)14(16)13(15)6-2/h7-8H,5-6H2,1-4H3. The highest BCUT2D eigenvalue weighted by atomic mass is 16.2. The Morgan fingerprint density at radius 3 is 2.19 bits per heavy atom. The van der Waals surface area contributed by atoms with E-state index in [1.807, 2.05) is 32.9 Å². The molecule has 0 saturated carbocycles. The lowest BCUT2D eigenvalue weighted by Gasteiger charge is -2.09. The van der Waals surface area contributed by atoms with Gasteiger partial charge in [-0.05, 0) is 43.0 Å². The molecule has 0 radical (unpaired) electrons. The maximum Gasteiger partial charge on any atom is 0.228 e. The van der Waals surface area contributed by atoms with E-state index in [1.54, 1.807) is 6.92 Å². The number of carbonyl (C=O) groups excluding carboxylic acids is 2. The molecule has 86 valence electrons. The average molecular weight is 218 g/mol. The van der Waals surface area contributed by atoms with Crippen LogP contribution in [0.1, 0.15) is 47.3 Å². The molecule has 2 nitrogen and oxygen atoms in total. The normalized spacial score (nSPS) is 10.2. The lowest BCUT2D eigenvalue weighted by atomic mass is 9.94. The number of hydrogen-bond donors (Lipinski definition) is 0. The quantitative estimate of drug-likeness (QED) is 0.575. The summed E-state index contributed by atoms with van der Waals surface area (Å²) < 4.78 is 0. The van der Waals surface area contributed by atoms with E-state index in [0.717, 1.165) is 17.5 Å². The number of aryl methyl sites for hydroxylation is 3. The third-order valence-electron chi connectivity index (χ3n) is 2.88. The van der Waals surface area contributed by atoms with Gasteiger partial charge in [0.1, 0.15) is 0 Å². The van der Waals surface area contributed by atoms with Gasteiger partial charge in [-0.2, -0.15) is 0 Å². The van der Waals surface area contributed by atoms with Gasteiger partial charge in [-0.1, -0.05) is 19.9 Å². The first-order chi connectivity index (χ1) is 7.51. The van der Waals surface area contributed by atoms with E-state index in [2.05, 4.69) is 0 Å². The fourth-order valence-corrected chi connectivity index (χ4v) is 1.83. The third-order valence-corrected chi connectivity index (χ3v) is 2.88. The van der Waals surface area contributed by atoms with Gasteiger partial charge in [0.25, 0.3) is 0 Å². The van der Waals surface area contributed by atoms with E-state index in [-0.39, 0.29) is 18.0 Å². The van der Waals surface area contributed by atoms with Gasteiger partial charge in [0, 0.05) is 12.0 Å². The Labute approximate surface area is 96.7 Å². The Bertz CT molecular complexity index is 431. The van der Waals surface area contributed by atoms with Crippen molar-refractivity contribution in [3.63, 3.8) is 0 Å². The minimum atomic E-state index is -0.352. The van der Waals surface area contributed by atoms with E-state index < -0.39 is 0 Å². The first-order valence-corrected chi connectivity index (χ1v) is 5.68. The lowest BCUT2D eigenvalue weighted by Crippen LogP contribution is -2.14. The maximum absolute atomic E-state index is 11.8. The summed E-state index contributed by atoms with van der Waals surface area (Å²) in [6.07, 6.45) is 1.15. The molecule has 16 heavy (non-hydrogen) atoms. The van der Waals surface area contributed by atoms with Crippen LogP contribution in [0.5, 0.6) is 0 Å². The third kappa shape index (κ3) is 2.38. The Hall–Kier alpha value is -1.44. The van der Waals surface area contributed by atoms with Crippen LogP contribution in [0, 0.1) is 13.8 Å². The van der Waals surface area contributed by atoms with Crippen LogP contribution in [0.2, 0.25) is 0 Å². The zero-order chi connectivity index (χ0) is 12.3. The second kappa shape index (κ2) is 5.06. The van der Waals surface area contributed by atoms with Gasteiger partial charge in [0.05, 0.1) is 0 Å². The van der Waals surface area contributed by atoms with Crippen molar-refractivity contribution >= 4 is 11.6 Å². The Morgan fingerprint density at radius 1 is 1.06 bits per heavy atom. The molecule has 0 saturated heterocycles. The highest BCUT2D eigenvalue weighted by molar-refractivity contribution is 6.43. The predicted octanol–water partition coefficient (Wildman–Crippen LogP) is 3.03. The van der Waals surface area contributed by atoms with Crippen molar-refractivity contribution in [2.24, 2.45) is 0 Å². The fourth-order valence-electron chi connectivity index (χ4n) is 1.83. The number of ketones is 2. The number of carbonyl (C=O) groups is 2. The van der Waals surface area contributed by atoms with Gasteiger partial charge in [-0.3, -0.25) is 9.59 Å². The molecule has 1 rings (SSSR count). The molecule has 0 atom stereocenters. The Morgan fingerprint density at radius 2 is 1.69 bits per heavy atom. The van der Waals surface area contributed by atoms with Crippen molar-refractivity contribution in [3.05, 3.63) is 34.4 Å². The Kier molecular flexibility index (Phi) is 3.99. The molecular formula is C14H18O2. The summed E-state index contributed by atoms with van der Waals surface area (Å²) >= 11 is 0. The number of benzene rings is 1. The van der Waals surface area contributed by atoms with E-state index in [0.29, 0.717) is 5.56 Å². The molecular weight excluding hydrogens is 200 g/mol. The molecule has 0 spiro atoms. The van der Waals surface area contributed by atoms with Crippen molar-refractivity contribution in [1.82, 2.24) is 0 Å². The van der Waals surface area contributed by atoms with Crippen LogP contribution >= 0.6 is 0 Å². The van der Waals surface area contributed by atoms with Crippen LogP contribution in [-0.2, 0) is 11.2 Å². The molecule has 0 aliphatic heterocycles. The van der Waals surface area contributed by atoms with Gasteiger partial charge in [-0.15, -0.1) is 0 Å². The van der Waals surface area contributed by atoms with Gasteiger partial charge >= 0.3 is 0 Å². The molecule has 1 aromatic rings. The fraction of sp³-hybridized carbons (Fsp3) is 0.429. The van der Waals surface area contributed by atoms with Crippen molar-refractivity contribution < 1.29 is 9.59 Å². The van der Waals surface area contributed by atoms with E-state index in [1.165, 1.54) is 5.56 Å². The number of rotatable bonds is 4. The molecule has 0 bridgehead atoms. The van der Waals surface area contributed by atoms with Crippen LogP contribution in [0.25, 0.3) is 0 Å². The Balaban J connectivity index is 3.23.